The molecule has 0 spiro atoms. The second kappa shape index (κ2) is 6.42. The Morgan fingerprint density at radius 2 is 1.62 bits per heavy atom. The molecule has 0 saturated heterocycles. The van der Waals surface area contributed by atoms with E-state index in [1.807, 2.05) is 43.3 Å². The van der Waals surface area contributed by atoms with Gasteiger partial charge in [-0.15, -0.1) is 0 Å². The van der Waals surface area contributed by atoms with Crippen LogP contribution in [0, 0.1) is 6.92 Å². The maximum absolute atomic E-state index is 12.5. The molecule has 1 N–H and O–H groups in total. The smallest absolute Gasteiger partial charge is 0.263 e. The minimum Gasteiger partial charge on any atom is -0.263 e. The maximum Gasteiger partial charge on any atom is 0.264 e. The lowest BCUT2D eigenvalue weighted by Gasteiger charge is -2.03. The van der Waals surface area contributed by atoms with Gasteiger partial charge in [-0.1, -0.05) is 53.6 Å². The molecule has 1 aliphatic rings. The SMILES string of the molecule is CC1=C(c2ccc(C)cc2)S(=O)(=O)NC1=NCc1ccc(Cl)cc1. The number of benzene rings is 2. The van der Waals surface area contributed by atoms with Crippen molar-refractivity contribution in [3.8, 4) is 0 Å². The summed E-state index contributed by atoms with van der Waals surface area (Å²) in [6, 6.07) is 14.7. The number of halogens is 1. The van der Waals surface area contributed by atoms with Gasteiger partial charge in [0.1, 0.15) is 10.7 Å². The molecule has 4 nitrogen and oxygen atoms in total. The molecule has 0 aliphatic carbocycles. The van der Waals surface area contributed by atoms with Crippen LogP contribution in [0.3, 0.4) is 0 Å². The van der Waals surface area contributed by atoms with Crippen molar-refractivity contribution in [2.45, 2.75) is 20.4 Å². The largest absolute Gasteiger partial charge is 0.264 e. The molecule has 1 aliphatic heterocycles. The van der Waals surface area contributed by atoms with Gasteiger partial charge >= 0.3 is 0 Å². The number of hydrogen-bond acceptors (Lipinski definition) is 3. The molecule has 0 bridgehead atoms. The zero-order valence-electron chi connectivity index (χ0n) is 13.4. The molecule has 6 heteroatoms. The van der Waals surface area contributed by atoms with Gasteiger partial charge in [0.05, 0.1) is 6.54 Å². The molecule has 124 valence electrons. The summed E-state index contributed by atoms with van der Waals surface area (Å²) in [6.45, 7) is 4.12. The highest BCUT2D eigenvalue weighted by molar-refractivity contribution is 8.00. The Labute approximate surface area is 146 Å². The van der Waals surface area contributed by atoms with Crippen LogP contribution in [0.1, 0.15) is 23.6 Å². The lowest BCUT2D eigenvalue weighted by molar-refractivity contribution is 0.603. The molecule has 0 saturated carbocycles. The summed E-state index contributed by atoms with van der Waals surface area (Å²) < 4.78 is 27.5. The molecule has 2 aromatic carbocycles. The molecule has 0 fully saturated rings. The monoisotopic (exact) mass is 360 g/mol. The number of nitrogens with zero attached hydrogens (tertiary/aromatic N) is 1. The van der Waals surface area contributed by atoms with E-state index in [0.717, 1.165) is 11.1 Å². The fourth-order valence-corrected chi connectivity index (χ4v) is 4.20. The van der Waals surface area contributed by atoms with E-state index in [0.29, 0.717) is 28.5 Å². The fraction of sp³-hybridized carbons (Fsp3) is 0.167. The third-order valence-corrected chi connectivity index (χ3v) is 5.64. The summed E-state index contributed by atoms with van der Waals surface area (Å²) >= 11 is 5.86. The highest BCUT2D eigenvalue weighted by Crippen LogP contribution is 2.30. The average molecular weight is 361 g/mol. The van der Waals surface area contributed by atoms with E-state index in [1.165, 1.54) is 0 Å². The highest BCUT2D eigenvalue weighted by Gasteiger charge is 2.32. The van der Waals surface area contributed by atoms with Crippen LogP contribution in [0.5, 0.6) is 0 Å². The number of aliphatic imine (C=N–C) groups is 1. The number of rotatable bonds is 3. The number of sulfonamides is 1. The van der Waals surface area contributed by atoms with Gasteiger partial charge < -0.3 is 0 Å². The van der Waals surface area contributed by atoms with Gasteiger partial charge in [0, 0.05) is 10.6 Å². The molecule has 0 aromatic heterocycles. The number of hydrogen-bond donors (Lipinski definition) is 1. The third-order valence-electron chi connectivity index (χ3n) is 3.84. The minimum atomic E-state index is -3.58. The molecule has 3 rings (SSSR count). The Morgan fingerprint density at radius 3 is 2.25 bits per heavy atom. The maximum atomic E-state index is 12.5. The highest BCUT2D eigenvalue weighted by atomic mass is 35.5. The van der Waals surface area contributed by atoms with Crippen molar-refractivity contribution in [3.05, 3.63) is 75.8 Å². The number of nitrogens with one attached hydrogen (secondary N) is 1. The first-order valence-corrected chi connectivity index (χ1v) is 9.33. The number of amidine groups is 1. The van der Waals surface area contributed by atoms with Gasteiger partial charge in [-0.2, -0.15) is 0 Å². The topological polar surface area (TPSA) is 58.5 Å². The van der Waals surface area contributed by atoms with Gasteiger partial charge in [0.15, 0.2) is 0 Å². The molecule has 0 atom stereocenters. The van der Waals surface area contributed by atoms with E-state index in [1.54, 1.807) is 19.1 Å². The molecule has 0 radical (unpaired) electrons. The minimum absolute atomic E-state index is 0.289. The molecular weight excluding hydrogens is 344 g/mol. The Hall–Kier alpha value is -2.11. The van der Waals surface area contributed by atoms with Crippen molar-refractivity contribution in [2.24, 2.45) is 4.99 Å². The summed E-state index contributed by atoms with van der Waals surface area (Å²) in [4.78, 5) is 4.71. The molecular formula is C18H17ClN2O2S. The van der Waals surface area contributed by atoms with Crippen LogP contribution in [0.25, 0.3) is 4.91 Å². The zero-order chi connectivity index (χ0) is 17.3. The van der Waals surface area contributed by atoms with E-state index in [-0.39, 0.29) is 4.91 Å². The fourth-order valence-electron chi connectivity index (χ4n) is 2.55. The molecule has 1 heterocycles. The van der Waals surface area contributed by atoms with E-state index in [9.17, 15) is 8.42 Å². The van der Waals surface area contributed by atoms with E-state index in [2.05, 4.69) is 9.71 Å². The van der Waals surface area contributed by atoms with Crippen LogP contribution >= 0.6 is 11.6 Å². The summed E-state index contributed by atoms with van der Waals surface area (Å²) in [5.74, 6) is 0.389. The Balaban J connectivity index is 1.94. The Kier molecular flexibility index (Phi) is 4.47. The van der Waals surface area contributed by atoms with Crippen molar-refractivity contribution >= 4 is 32.4 Å². The van der Waals surface area contributed by atoms with Gasteiger partial charge in [-0.05, 0) is 37.1 Å². The first kappa shape index (κ1) is 16.7. The molecule has 2 aromatic rings. The van der Waals surface area contributed by atoms with Crippen LogP contribution in [0.4, 0.5) is 0 Å². The predicted molar refractivity (Wildman–Crippen MR) is 98.4 cm³/mol. The van der Waals surface area contributed by atoms with Crippen molar-refractivity contribution in [2.75, 3.05) is 0 Å². The summed E-state index contributed by atoms with van der Waals surface area (Å²) in [5.41, 5.74) is 3.34. The van der Waals surface area contributed by atoms with Gasteiger partial charge in [-0.3, -0.25) is 9.71 Å². The zero-order valence-corrected chi connectivity index (χ0v) is 14.9. The first-order valence-electron chi connectivity index (χ1n) is 7.47. The first-order chi connectivity index (χ1) is 11.4. The third kappa shape index (κ3) is 3.37. The van der Waals surface area contributed by atoms with Crippen LogP contribution in [0.15, 0.2) is 59.1 Å². The molecule has 0 unspecified atom stereocenters. The van der Waals surface area contributed by atoms with Crippen LogP contribution < -0.4 is 4.72 Å². The predicted octanol–water partition coefficient (Wildman–Crippen LogP) is 3.91. The summed E-state index contributed by atoms with van der Waals surface area (Å²) in [5, 5.41) is 0.658. The Bertz CT molecular complexity index is 928. The summed E-state index contributed by atoms with van der Waals surface area (Å²) in [6.07, 6.45) is 0. The van der Waals surface area contributed by atoms with Gasteiger partial charge in [-0.25, -0.2) is 8.42 Å². The normalized spacial score (nSPS) is 18.0. The molecule has 24 heavy (non-hydrogen) atoms. The van der Waals surface area contributed by atoms with Crippen molar-refractivity contribution in [1.29, 1.82) is 0 Å². The standard InChI is InChI=1S/C18H17ClN2O2S/c1-12-3-7-15(8-4-12)17-13(2)18(21-24(17,22)23)20-11-14-5-9-16(19)10-6-14/h3-10H,11H2,1-2H3,(H,20,21). The van der Waals surface area contributed by atoms with Crippen LogP contribution in [-0.4, -0.2) is 14.3 Å². The van der Waals surface area contributed by atoms with Crippen molar-refractivity contribution < 1.29 is 8.42 Å². The lowest BCUT2D eigenvalue weighted by atomic mass is 10.1. The van der Waals surface area contributed by atoms with Crippen LogP contribution in [-0.2, 0) is 16.6 Å². The number of aryl methyl sites for hydroxylation is 1. The van der Waals surface area contributed by atoms with E-state index >= 15 is 0 Å². The van der Waals surface area contributed by atoms with E-state index in [4.69, 9.17) is 11.6 Å². The second-order valence-corrected chi connectivity index (χ2v) is 7.77. The quantitative estimate of drug-likeness (QED) is 0.902. The average Bonchev–Trinajstić information content (AvgIpc) is 2.77. The summed E-state index contributed by atoms with van der Waals surface area (Å²) in [7, 11) is -3.58. The molecule has 0 amide bonds. The van der Waals surface area contributed by atoms with Crippen molar-refractivity contribution in [1.82, 2.24) is 4.72 Å². The van der Waals surface area contributed by atoms with E-state index < -0.39 is 10.0 Å². The van der Waals surface area contributed by atoms with Gasteiger partial charge in [0.25, 0.3) is 10.0 Å². The Morgan fingerprint density at radius 1 is 1.00 bits per heavy atom. The second-order valence-electron chi connectivity index (χ2n) is 5.72. The van der Waals surface area contributed by atoms with Gasteiger partial charge in [0.2, 0.25) is 0 Å². The lowest BCUT2D eigenvalue weighted by Crippen LogP contribution is -2.23. The van der Waals surface area contributed by atoms with Crippen LogP contribution in [0.2, 0.25) is 5.02 Å². The van der Waals surface area contributed by atoms with Crippen molar-refractivity contribution in [3.63, 3.8) is 0 Å².